The van der Waals surface area contributed by atoms with Crippen molar-refractivity contribution in [2.24, 2.45) is 4.40 Å². The number of hydrogen-bond donors (Lipinski definition) is 1. The average Bonchev–Trinajstić information content (AvgIpc) is 2.69. The number of anilines is 1. The number of ketones is 1. The van der Waals surface area contributed by atoms with Gasteiger partial charge in [0.2, 0.25) is 0 Å². The number of sulfonamides is 1. The lowest BCUT2D eigenvalue weighted by Gasteiger charge is -2.19. The molecule has 2 N–H and O–H groups in total. The molecule has 0 atom stereocenters. The first kappa shape index (κ1) is 11.4. The van der Waals surface area contributed by atoms with E-state index in [2.05, 4.69) is 4.40 Å². The summed E-state index contributed by atoms with van der Waals surface area (Å²) in [7, 11) is -3.73. The largest absolute Gasteiger partial charge is 0.398 e. The van der Waals surface area contributed by atoms with E-state index >= 15 is 0 Å². The summed E-state index contributed by atoms with van der Waals surface area (Å²) in [6.45, 7) is 0. The van der Waals surface area contributed by atoms with E-state index in [1.807, 2.05) is 0 Å². The van der Waals surface area contributed by atoms with Crippen molar-refractivity contribution in [2.75, 3.05) is 5.73 Å². The lowest BCUT2D eigenvalue weighted by Crippen LogP contribution is -2.21. The van der Waals surface area contributed by atoms with Crippen molar-refractivity contribution in [2.45, 2.75) is 4.90 Å². The van der Waals surface area contributed by atoms with Crippen molar-refractivity contribution in [3.8, 4) is 0 Å². The van der Waals surface area contributed by atoms with Gasteiger partial charge in [-0.15, -0.1) is 0 Å². The predicted molar refractivity (Wildman–Crippen MR) is 73.6 cm³/mol. The van der Waals surface area contributed by atoms with Crippen LogP contribution in [0, 0.1) is 0 Å². The Morgan fingerprint density at radius 3 is 2.45 bits per heavy atom. The van der Waals surface area contributed by atoms with E-state index in [0.717, 1.165) is 0 Å². The van der Waals surface area contributed by atoms with Crippen molar-refractivity contribution in [3.05, 3.63) is 58.7 Å². The van der Waals surface area contributed by atoms with Gasteiger partial charge in [-0.05, 0) is 12.1 Å². The summed E-state index contributed by atoms with van der Waals surface area (Å²) in [5, 5.41) is 0. The van der Waals surface area contributed by atoms with Gasteiger partial charge in [-0.3, -0.25) is 4.79 Å². The summed E-state index contributed by atoms with van der Waals surface area (Å²) in [6, 6.07) is 9.59. The molecule has 5 nitrogen and oxygen atoms in total. The molecule has 2 aromatic carbocycles. The van der Waals surface area contributed by atoms with Gasteiger partial charge in [0.1, 0.15) is 0 Å². The highest BCUT2D eigenvalue weighted by Gasteiger charge is 2.39. The molecule has 1 aliphatic carbocycles. The Morgan fingerprint density at radius 1 is 0.950 bits per heavy atom. The normalized spacial score (nSPS) is 17.4. The van der Waals surface area contributed by atoms with E-state index in [1.54, 1.807) is 30.3 Å². The van der Waals surface area contributed by atoms with Crippen LogP contribution in [0.2, 0.25) is 0 Å². The highest BCUT2D eigenvalue weighted by atomic mass is 32.2. The molecular weight excluding hydrogens is 276 g/mol. The van der Waals surface area contributed by atoms with Crippen LogP contribution in [-0.4, -0.2) is 19.9 Å². The molecule has 0 spiro atoms. The summed E-state index contributed by atoms with van der Waals surface area (Å²) < 4.78 is 28.0. The molecule has 6 heteroatoms. The lowest BCUT2D eigenvalue weighted by atomic mass is 9.83. The summed E-state index contributed by atoms with van der Waals surface area (Å²) in [4.78, 5) is 12.6. The Balaban J connectivity index is 2.23. The third-order valence-electron chi connectivity index (χ3n) is 3.58. The first-order valence-electron chi connectivity index (χ1n) is 5.92. The maximum atomic E-state index is 12.5. The fourth-order valence-corrected chi connectivity index (χ4v) is 3.98. The number of carbonyl (C=O) groups excluding carboxylic acids is 1. The summed E-state index contributed by atoms with van der Waals surface area (Å²) in [6.07, 6.45) is 0. The molecule has 20 heavy (non-hydrogen) atoms. The topological polar surface area (TPSA) is 89.6 Å². The lowest BCUT2D eigenvalue weighted by molar-refractivity contribution is 0.103. The molecule has 0 aromatic heterocycles. The maximum absolute atomic E-state index is 12.5. The van der Waals surface area contributed by atoms with E-state index in [-0.39, 0.29) is 10.7 Å². The third kappa shape index (κ3) is 1.19. The fraction of sp³-hybridized carbons (Fsp3) is 0. The SMILES string of the molecule is Nc1cccc2c1C(=O)c1cccc3c1C2=NS3(=O)=O. The highest BCUT2D eigenvalue weighted by Crippen LogP contribution is 2.38. The van der Waals surface area contributed by atoms with Gasteiger partial charge in [0.05, 0.1) is 16.2 Å². The molecule has 0 fully saturated rings. The number of carbonyl (C=O) groups is 1. The third-order valence-corrected chi connectivity index (χ3v) is 4.89. The molecule has 0 amide bonds. The molecule has 0 saturated heterocycles. The number of benzene rings is 2. The van der Waals surface area contributed by atoms with Crippen LogP contribution in [0.15, 0.2) is 45.7 Å². The quantitative estimate of drug-likeness (QED) is 0.631. The Labute approximate surface area is 114 Å². The van der Waals surface area contributed by atoms with E-state index < -0.39 is 10.0 Å². The van der Waals surface area contributed by atoms with Crippen molar-refractivity contribution < 1.29 is 13.2 Å². The number of nitrogen functional groups attached to an aromatic ring is 1. The van der Waals surface area contributed by atoms with Crippen molar-refractivity contribution in [1.82, 2.24) is 0 Å². The van der Waals surface area contributed by atoms with Gasteiger partial charge in [0.15, 0.2) is 5.78 Å². The molecule has 0 radical (unpaired) electrons. The van der Waals surface area contributed by atoms with Gasteiger partial charge in [0.25, 0.3) is 10.0 Å². The Morgan fingerprint density at radius 2 is 1.65 bits per heavy atom. The second kappa shape index (κ2) is 3.34. The maximum Gasteiger partial charge on any atom is 0.283 e. The highest BCUT2D eigenvalue weighted by molar-refractivity contribution is 7.90. The summed E-state index contributed by atoms with van der Waals surface area (Å²) in [5.41, 5.74) is 8.06. The first-order chi connectivity index (χ1) is 9.50. The fourth-order valence-electron chi connectivity index (χ4n) is 2.73. The van der Waals surface area contributed by atoms with Crippen LogP contribution >= 0.6 is 0 Å². The van der Waals surface area contributed by atoms with Crippen LogP contribution in [0.25, 0.3) is 0 Å². The zero-order chi connectivity index (χ0) is 14.1. The monoisotopic (exact) mass is 284 g/mol. The molecule has 0 unspecified atom stereocenters. The average molecular weight is 284 g/mol. The van der Waals surface area contributed by atoms with Gasteiger partial charge in [0, 0.05) is 22.4 Å². The molecule has 4 rings (SSSR count). The minimum atomic E-state index is -3.73. The second-order valence-electron chi connectivity index (χ2n) is 4.69. The van der Waals surface area contributed by atoms with Gasteiger partial charge in [-0.2, -0.15) is 12.8 Å². The van der Waals surface area contributed by atoms with Crippen LogP contribution in [0.1, 0.15) is 27.0 Å². The van der Waals surface area contributed by atoms with E-state index in [4.69, 9.17) is 5.73 Å². The van der Waals surface area contributed by atoms with Crippen LogP contribution in [-0.2, 0) is 10.0 Å². The Bertz CT molecular complexity index is 943. The number of nitrogens with zero attached hydrogens (tertiary/aromatic N) is 1. The minimum Gasteiger partial charge on any atom is -0.398 e. The van der Waals surface area contributed by atoms with Crippen molar-refractivity contribution in [1.29, 1.82) is 0 Å². The van der Waals surface area contributed by atoms with E-state index in [1.165, 1.54) is 6.07 Å². The molecule has 0 bridgehead atoms. The molecule has 1 heterocycles. The van der Waals surface area contributed by atoms with Crippen molar-refractivity contribution >= 4 is 27.2 Å². The molecule has 2 aromatic rings. The van der Waals surface area contributed by atoms with Gasteiger partial charge >= 0.3 is 0 Å². The zero-order valence-electron chi connectivity index (χ0n) is 10.1. The second-order valence-corrected chi connectivity index (χ2v) is 6.27. The molecule has 2 aliphatic rings. The van der Waals surface area contributed by atoms with Crippen LogP contribution in [0.3, 0.4) is 0 Å². The number of nitrogens with two attached hydrogens (primary N) is 1. The molecule has 98 valence electrons. The zero-order valence-corrected chi connectivity index (χ0v) is 10.9. The smallest absolute Gasteiger partial charge is 0.283 e. The molecular formula is C14H8N2O3S. The Kier molecular flexibility index (Phi) is 1.90. The first-order valence-corrected chi connectivity index (χ1v) is 7.36. The summed E-state index contributed by atoms with van der Waals surface area (Å²) >= 11 is 0. The standard InChI is InChI=1S/C14H8N2O3S/c15-9-5-1-3-7-11(9)14(17)8-4-2-6-10-12(8)13(7)16-20(10,18)19/h1-6H,15H2. The molecule has 1 aliphatic heterocycles. The molecule has 0 saturated carbocycles. The number of rotatable bonds is 0. The van der Waals surface area contributed by atoms with Gasteiger partial charge in [-0.1, -0.05) is 24.3 Å². The Hall–Kier alpha value is -2.47. The summed E-state index contributed by atoms with van der Waals surface area (Å²) in [5.74, 6) is -0.258. The van der Waals surface area contributed by atoms with Crippen LogP contribution in [0.4, 0.5) is 5.69 Å². The van der Waals surface area contributed by atoms with Gasteiger partial charge in [-0.25, -0.2) is 0 Å². The number of fused-ring (bicyclic) bond motifs is 2. The van der Waals surface area contributed by atoms with Gasteiger partial charge < -0.3 is 5.73 Å². The predicted octanol–water partition coefficient (Wildman–Crippen LogP) is 1.35. The van der Waals surface area contributed by atoms with Crippen LogP contribution in [0.5, 0.6) is 0 Å². The van der Waals surface area contributed by atoms with E-state index in [9.17, 15) is 13.2 Å². The van der Waals surface area contributed by atoms with Crippen LogP contribution < -0.4 is 5.73 Å². The van der Waals surface area contributed by atoms with E-state index in [0.29, 0.717) is 33.7 Å². The minimum absolute atomic E-state index is 0.0893. The van der Waals surface area contributed by atoms with Crippen molar-refractivity contribution in [3.63, 3.8) is 0 Å². The number of hydrogen-bond acceptors (Lipinski definition) is 4.